The molecule has 1 aliphatic heterocycles. The Kier molecular flexibility index (Phi) is 7.94. The van der Waals surface area contributed by atoms with Gasteiger partial charge in [0.15, 0.2) is 0 Å². The van der Waals surface area contributed by atoms with Gasteiger partial charge in [0.2, 0.25) is 0 Å². The molecule has 24 heavy (non-hydrogen) atoms. The van der Waals surface area contributed by atoms with E-state index in [2.05, 4.69) is 26.1 Å². The normalized spacial score (nSPS) is 18.1. The molecule has 1 fully saturated rings. The molecule has 1 aromatic carbocycles. The zero-order valence-electron chi connectivity index (χ0n) is 14.4. The van der Waals surface area contributed by atoms with Crippen molar-refractivity contribution in [2.75, 3.05) is 32.8 Å². The summed E-state index contributed by atoms with van der Waals surface area (Å²) in [6, 6.07) is 6.24. The molecule has 1 atom stereocenters. The molecule has 0 amide bonds. The summed E-state index contributed by atoms with van der Waals surface area (Å²) in [4.78, 5) is 2.64. The van der Waals surface area contributed by atoms with Crippen LogP contribution in [0.4, 0.5) is 8.78 Å². The maximum absolute atomic E-state index is 14.6. The van der Waals surface area contributed by atoms with Crippen molar-refractivity contribution < 1.29 is 13.9 Å². The van der Waals surface area contributed by atoms with Crippen molar-refractivity contribution in [1.29, 1.82) is 0 Å². The second-order valence-corrected chi connectivity index (χ2v) is 8.73. The van der Waals surface area contributed by atoms with E-state index in [1.807, 2.05) is 12.1 Å². The Bertz CT molecular complexity index is 520. The van der Waals surface area contributed by atoms with E-state index in [9.17, 15) is 13.9 Å². The van der Waals surface area contributed by atoms with Gasteiger partial charge in [-0.1, -0.05) is 39.0 Å². The van der Waals surface area contributed by atoms with Crippen LogP contribution < -0.4 is 5.32 Å². The van der Waals surface area contributed by atoms with Crippen LogP contribution in [0.15, 0.2) is 29.2 Å². The lowest BCUT2D eigenvalue weighted by Crippen LogP contribution is -2.51. The number of hydrogen-bond acceptors (Lipinski definition) is 4. The van der Waals surface area contributed by atoms with E-state index >= 15 is 0 Å². The largest absolute Gasteiger partial charge is 0.390 e. The van der Waals surface area contributed by atoms with Gasteiger partial charge in [-0.25, -0.2) is 8.78 Å². The molecule has 3 nitrogen and oxygen atoms in total. The maximum atomic E-state index is 14.6. The molecule has 0 radical (unpaired) electrons. The molecule has 0 aliphatic carbocycles. The van der Waals surface area contributed by atoms with E-state index in [0.29, 0.717) is 31.7 Å². The summed E-state index contributed by atoms with van der Waals surface area (Å²) in [6.45, 7) is 7.54. The minimum Gasteiger partial charge on any atom is -0.390 e. The number of benzene rings is 1. The Labute approximate surface area is 153 Å². The number of hydrogen-bond donors (Lipinski definition) is 2. The van der Waals surface area contributed by atoms with E-state index in [1.54, 1.807) is 28.8 Å². The second kappa shape index (κ2) is 8.81. The first-order valence-corrected chi connectivity index (χ1v) is 8.77. The topological polar surface area (TPSA) is 35.5 Å². The van der Waals surface area contributed by atoms with Gasteiger partial charge in [-0.05, 0) is 11.6 Å². The Morgan fingerprint density at radius 1 is 1.21 bits per heavy atom. The molecule has 0 spiro atoms. The third-order valence-electron chi connectivity index (χ3n) is 3.76. The molecule has 138 valence electrons. The summed E-state index contributed by atoms with van der Waals surface area (Å²) in [5.41, 5.74) is 0.605. The first kappa shape index (κ1) is 21.6. The van der Waals surface area contributed by atoms with Crippen molar-refractivity contribution in [2.45, 2.75) is 42.4 Å². The van der Waals surface area contributed by atoms with Crippen molar-refractivity contribution in [2.24, 2.45) is 0 Å². The number of halogens is 3. The highest BCUT2D eigenvalue weighted by molar-refractivity contribution is 8.00. The van der Waals surface area contributed by atoms with E-state index in [0.717, 1.165) is 4.90 Å². The third kappa shape index (κ3) is 5.56. The van der Waals surface area contributed by atoms with Crippen LogP contribution in [-0.2, 0) is 0 Å². The molecule has 7 heteroatoms. The average Bonchev–Trinajstić information content (AvgIpc) is 2.49. The van der Waals surface area contributed by atoms with Gasteiger partial charge < -0.3 is 10.4 Å². The molecular weight excluding hydrogens is 354 g/mol. The maximum Gasteiger partial charge on any atom is 0.289 e. The van der Waals surface area contributed by atoms with Crippen LogP contribution in [0.25, 0.3) is 0 Å². The van der Waals surface area contributed by atoms with E-state index < -0.39 is 18.6 Å². The second-order valence-electron chi connectivity index (χ2n) is 6.86. The number of nitrogens with zero attached hydrogens (tertiary/aromatic N) is 1. The van der Waals surface area contributed by atoms with Gasteiger partial charge in [-0.3, -0.25) is 4.90 Å². The Hall–Kier alpha value is -0.400. The van der Waals surface area contributed by atoms with Gasteiger partial charge in [0.1, 0.15) is 12.6 Å². The first-order chi connectivity index (χ1) is 10.7. The molecule has 1 aliphatic rings. The van der Waals surface area contributed by atoms with Crippen molar-refractivity contribution in [3.63, 3.8) is 0 Å². The molecule has 2 N–H and O–H groups in total. The van der Waals surface area contributed by atoms with Crippen LogP contribution in [0.5, 0.6) is 0 Å². The molecule has 0 bridgehead atoms. The predicted molar refractivity (Wildman–Crippen MR) is 98.5 cm³/mol. The minimum atomic E-state index is -3.17. The number of aliphatic hydroxyl groups excluding tert-OH is 1. The number of aliphatic hydroxyl groups is 1. The van der Waals surface area contributed by atoms with E-state index in [-0.39, 0.29) is 17.2 Å². The summed E-state index contributed by atoms with van der Waals surface area (Å²) >= 11 is 1.59. The van der Waals surface area contributed by atoms with Crippen LogP contribution >= 0.6 is 24.2 Å². The van der Waals surface area contributed by atoms with Crippen LogP contribution in [0, 0.1) is 0 Å². The lowest BCUT2D eigenvalue weighted by atomic mass is 9.98. The lowest BCUT2D eigenvalue weighted by molar-refractivity contribution is -0.119. The van der Waals surface area contributed by atoms with Crippen LogP contribution in [0.3, 0.4) is 0 Å². The molecular formula is C17H27ClF2N2OS. The zero-order valence-corrected chi connectivity index (χ0v) is 16.0. The highest BCUT2D eigenvalue weighted by Crippen LogP contribution is 2.43. The summed E-state index contributed by atoms with van der Waals surface area (Å²) in [6.07, 6.45) is 0. The van der Waals surface area contributed by atoms with Gasteiger partial charge >= 0.3 is 0 Å². The SMILES string of the molecule is CC(C)(C)Sc1ccccc1[C@H](N1CCNCC1)C(F)(F)CO.Cl. The fourth-order valence-corrected chi connectivity index (χ4v) is 3.95. The molecule has 1 aromatic rings. The fourth-order valence-electron chi connectivity index (χ4n) is 2.85. The standard InChI is InChI=1S/C17H26F2N2OS.ClH/c1-16(2,3)23-14-7-5-4-6-13(14)15(17(18,19)12-22)21-10-8-20-9-11-21;/h4-7,15,20,22H,8-12H2,1-3H3;1H/t15-;/m0./s1. The number of nitrogens with one attached hydrogen (secondary N) is 1. The van der Waals surface area contributed by atoms with E-state index in [1.165, 1.54) is 0 Å². The van der Waals surface area contributed by atoms with Crippen LogP contribution in [0.1, 0.15) is 32.4 Å². The Morgan fingerprint density at radius 2 is 1.79 bits per heavy atom. The highest BCUT2D eigenvalue weighted by Gasteiger charge is 2.45. The summed E-state index contributed by atoms with van der Waals surface area (Å²) in [5.74, 6) is -3.17. The van der Waals surface area contributed by atoms with Gasteiger partial charge in [-0.2, -0.15) is 0 Å². The van der Waals surface area contributed by atoms with Crippen molar-refractivity contribution in [3.8, 4) is 0 Å². The predicted octanol–water partition coefficient (Wildman–Crippen LogP) is 3.57. The highest BCUT2D eigenvalue weighted by atomic mass is 35.5. The third-order valence-corrected chi connectivity index (χ3v) is 4.96. The Morgan fingerprint density at radius 3 is 2.33 bits per heavy atom. The van der Waals surface area contributed by atoms with Gasteiger partial charge in [-0.15, -0.1) is 24.2 Å². The van der Waals surface area contributed by atoms with E-state index in [4.69, 9.17) is 0 Å². The molecule has 1 heterocycles. The number of rotatable bonds is 5. The van der Waals surface area contributed by atoms with Crippen molar-refractivity contribution in [3.05, 3.63) is 29.8 Å². The molecule has 0 aromatic heterocycles. The fraction of sp³-hybridized carbons (Fsp3) is 0.647. The molecule has 2 rings (SSSR count). The number of piperazine rings is 1. The zero-order chi connectivity index (χ0) is 17.1. The van der Waals surface area contributed by atoms with Gasteiger partial charge in [0, 0.05) is 35.8 Å². The lowest BCUT2D eigenvalue weighted by Gasteiger charge is -2.39. The number of alkyl halides is 2. The first-order valence-electron chi connectivity index (χ1n) is 7.96. The average molecular weight is 381 g/mol. The number of thioether (sulfide) groups is 1. The summed E-state index contributed by atoms with van der Waals surface area (Å²) < 4.78 is 29.1. The molecule has 0 unspecified atom stereocenters. The van der Waals surface area contributed by atoms with Crippen molar-refractivity contribution >= 4 is 24.2 Å². The monoisotopic (exact) mass is 380 g/mol. The molecule has 1 saturated heterocycles. The van der Waals surface area contributed by atoms with Crippen LogP contribution in [0.2, 0.25) is 0 Å². The molecule has 0 saturated carbocycles. The summed E-state index contributed by atoms with van der Waals surface area (Å²) in [7, 11) is 0. The Balaban J connectivity index is 0.00000288. The minimum absolute atomic E-state index is 0. The smallest absolute Gasteiger partial charge is 0.289 e. The quantitative estimate of drug-likeness (QED) is 0.765. The van der Waals surface area contributed by atoms with Gasteiger partial charge in [0.25, 0.3) is 5.92 Å². The van der Waals surface area contributed by atoms with Crippen LogP contribution in [-0.4, -0.2) is 53.5 Å². The van der Waals surface area contributed by atoms with Gasteiger partial charge in [0.05, 0.1) is 0 Å². The summed E-state index contributed by atoms with van der Waals surface area (Å²) in [5, 5.41) is 12.5. The van der Waals surface area contributed by atoms with Crippen molar-refractivity contribution in [1.82, 2.24) is 10.2 Å².